The zero-order valence-corrected chi connectivity index (χ0v) is 12.4. The van der Waals surface area contributed by atoms with Crippen LogP contribution in [0.1, 0.15) is 20.7 Å². The van der Waals surface area contributed by atoms with E-state index in [2.05, 4.69) is 5.32 Å². The van der Waals surface area contributed by atoms with Crippen molar-refractivity contribution < 1.29 is 14.4 Å². The number of benzene rings is 2. The van der Waals surface area contributed by atoms with Crippen LogP contribution in [0, 0.1) is 0 Å². The van der Waals surface area contributed by atoms with E-state index in [-0.39, 0.29) is 5.56 Å². The Bertz CT molecular complexity index is 692. The molecule has 1 N–H and O–H groups in total. The molecule has 0 heterocycles. The molecule has 22 heavy (non-hydrogen) atoms. The normalized spacial score (nSPS) is 9.91. The van der Waals surface area contributed by atoms with E-state index in [9.17, 15) is 14.4 Å². The average molecular weight is 296 g/mol. The lowest BCUT2D eigenvalue weighted by Gasteiger charge is -2.12. The minimum atomic E-state index is -0.938. The van der Waals surface area contributed by atoms with E-state index < -0.39 is 17.6 Å². The number of nitrogens with one attached hydrogen (secondary N) is 1. The number of carbonyl (C=O) groups excluding carboxylic acids is 3. The second kappa shape index (κ2) is 6.67. The van der Waals surface area contributed by atoms with Gasteiger partial charge in [-0.05, 0) is 36.4 Å². The second-order valence-electron chi connectivity index (χ2n) is 4.92. The van der Waals surface area contributed by atoms with Crippen LogP contribution in [0.5, 0.6) is 0 Å². The highest BCUT2D eigenvalue weighted by Gasteiger charge is 2.19. The Morgan fingerprint density at radius 2 is 1.41 bits per heavy atom. The standard InChI is InChI=1S/C17H16N2O3/c1-19(2)14-10-8-12(9-11-14)15(20)17(22)18-16(21)13-6-4-3-5-7-13/h3-11H,1-2H3,(H,18,21,22). The Morgan fingerprint density at radius 1 is 0.818 bits per heavy atom. The van der Waals surface area contributed by atoms with Crippen molar-refractivity contribution in [1.29, 1.82) is 0 Å². The predicted octanol–water partition coefficient (Wildman–Crippen LogP) is 1.89. The van der Waals surface area contributed by atoms with Gasteiger partial charge in [-0.2, -0.15) is 0 Å². The Hall–Kier alpha value is -2.95. The lowest BCUT2D eigenvalue weighted by atomic mass is 10.1. The van der Waals surface area contributed by atoms with Crippen LogP contribution in [-0.2, 0) is 4.79 Å². The molecule has 0 aliphatic rings. The molecule has 0 unspecified atom stereocenters. The highest BCUT2D eigenvalue weighted by atomic mass is 16.2. The molecule has 0 atom stereocenters. The van der Waals surface area contributed by atoms with Crippen molar-refractivity contribution in [3.8, 4) is 0 Å². The molecule has 0 aromatic heterocycles. The number of Topliss-reactive ketones (excluding diaryl/α,β-unsaturated/α-hetero) is 1. The summed E-state index contributed by atoms with van der Waals surface area (Å²) >= 11 is 0. The van der Waals surface area contributed by atoms with Crippen LogP contribution >= 0.6 is 0 Å². The van der Waals surface area contributed by atoms with Crippen molar-refractivity contribution >= 4 is 23.3 Å². The van der Waals surface area contributed by atoms with Gasteiger partial charge in [0.2, 0.25) is 0 Å². The van der Waals surface area contributed by atoms with Crippen LogP contribution in [-0.4, -0.2) is 31.7 Å². The summed E-state index contributed by atoms with van der Waals surface area (Å²) in [5.74, 6) is -2.27. The first-order valence-corrected chi connectivity index (χ1v) is 6.71. The van der Waals surface area contributed by atoms with Gasteiger partial charge in [0.25, 0.3) is 17.6 Å². The van der Waals surface area contributed by atoms with Gasteiger partial charge >= 0.3 is 0 Å². The lowest BCUT2D eigenvalue weighted by Crippen LogP contribution is -2.36. The summed E-state index contributed by atoms with van der Waals surface area (Å²) in [4.78, 5) is 37.6. The first-order valence-electron chi connectivity index (χ1n) is 6.71. The third-order valence-corrected chi connectivity index (χ3v) is 3.12. The fraction of sp³-hybridized carbons (Fsp3) is 0.118. The zero-order chi connectivity index (χ0) is 16.1. The number of nitrogens with zero attached hydrogens (tertiary/aromatic N) is 1. The van der Waals surface area contributed by atoms with E-state index >= 15 is 0 Å². The summed E-state index contributed by atoms with van der Waals surface area (Å²) in [7, 11) is 3.75. The Labute approximate surface area is 128 Å². The van der Waals surface area contributed by atoms with E-state index in [4.69, 9.17) is 0 Å². The van der Waals surface area contributed by atoms with Crippen LogP contribution in [0.3, 0.4) is 0 Å². The van der Waals surface area contributed by atoms with Gasteiger partial charge < -0.3 is 4.90 Å². The summed E-state index contributed by atoms with van der Waals surface area (Å²) in [5, 5.41) is 2.09. The number of carbonyl (C=O) groups is 3. The van der Waals surface area contributed by atoms with Crippen LogP contribution in [0.4, 0.5) is 5.69 Å². The predicted molar refractivity (Wildman–Crippen MR) is 84.0 cm³/mol. The van der Waals surface area contributed by atoms with Gasteiger partial charge in [-0.25, -0.2) is 0 Å². The van der Waals surface area contributed by atoms with E-state index in [0.717, 1.165) is 5.69 Å². The summed E-state index contributed by atoms with van der Waals surface area (Å²) < 4.78 is 0. The number of ketones is 1. The maximum atomic E-state index is 12.0. The average Bonchev–Trinajstić information content (AvgIpc) is 2.55. The summed E-state index contributed by atoms with van der Waals surface area (Å²) in [6.07, 6.45) is 0. The number of hydrogen-bond donors (Lipinski definition) is 1. The molecule has 2 aromatic rings. The van der Waals surface area contributed by atoms with Crippen molar-refractivity contribution in [3.63, 3.8) is 0 Å². The fourth-order valence-corrected chi connectivity index (χ4v) is 1.86. The molecule has 2 amide bonds. The van der Waals surface area contributed by atoms with Crippen LogP contribution in [0.25, 0.3) is 0 Å². The minimum absolute atomic E-state index is 0.240. The van der Waals surface area contributed by atoms with Crippen LogP contribution in [0.15, 0.2) is 54.6 Å². The van der Waals surface area contributed by atoms with E-state index in [1.807, 2.05) is 19.0 Å². The highest BCUT2D eigenvalue weighted by molar-refractivity contribution is 6.45. The summed E-state index contributed by atoms with van der Waals surface area (Å²) in [6.45, 7) is 0. The smallest absolute Gasteiger partial charge is 0.299 e. The monoisotopic (exact) mass is 296 g/mol. The molecule has 112 valence electrons. The minimum Gasteiger partial charge on any atom is -0.378 e. The van der Waals surface area contributed by atoms with Crippen molar-refractivity contribution in [2.75, 3.05) is 19.0 Å². The Balaban J connectivity index is 2.06. The molecule has 5 nitrogen and oxygen atoms in total. The molecule has 0 radical (unpaired) electrons. The topological polar surface area (TPSA) is 66.5 Å². The van der Waals surface area contributed by atoms with E-state index in [1.54, 1.807) is 54.6 Å². The number of rotatable bonds is 4. The number of hydrogen-bond acceptors (Lipinski definition) is 4. The third-order valence-electron chi connectivity index (χ3n) is 3.12. The van der Waals surface area contributed by atoms with Crippen molar-refractivity contribution in [1.82, 2.24) is 5.32 Å². The summed E-state index contributed by atoms with van der Waals surface area (Å²) in [5.41, 5.74) is 1.48. The molecule has 0 aliphatic carbocycles. The fourth-order valence-electron chi connectivity index (χ4n) is 1.86. The first kappa shape index (κ1) is 15.4. The Kier molecular flexibility index (Phi) is 4.68. The molecule has 5 heteroatoms. The van der Waals surface area contributed by atoms with Gasteiger partial charge in [-0.15, -0.1) is 0 Å². The molecule has 0 fully saturated rings. The molecule has 2 rings (SSSR count). The van der Waals surface area contributed by atoms with Crippen molar-refractivity contribution in [2.45, 2.75) is 0 Å². The van der Waals surface area contributed by atoms with Gasteiger partial charge in [-0.1, -0.05) is 18.2 Å². The Morgan fingerprint density at radius 3 is 1.95 bits per heavy atom. The number of amides is 2. The molecule has 0 aliphatic heterocycles. The molecular formula is C17H16N2O3. The van der Waals surface area contributed by atoms with Gasteiger partial charge in [0.1, 0.15) is 0 Å². The number of imide groups is 1. The maximum Gasteiger partial charge on any atom is 0.299 e. The largest absolute Gasteiger partial charge is 0.378 e. The van der Waals surface area contributed by atoms with E-state index in [0.29, 0.717) is 5.56 Å². The molecule has 0 saturated heterocycles. The van der Waals surface area contributed by atoms with Crippen molar-refractivity contribution in [2.24, 2.45) is 0 Å². The molecule has 2 aromatic carbocycles. The molecule has 0 spiro atoms. The van der Waals surface area contributed by atoms with Gasteiger partial charge in [0.15, 0.2) is 0 Å². The van der Waals surface area contributed by atoms with E-state index in [1.165, 1.54) is 0 Å². The highest BCUT2D eigenvalue weighted by Crippen LogP contribution is 2.12. The number of anilines is 1. The molecular weight excluding hydrogens is 280 g/mol. The van der Waals surface area contributed by atoms with Crippen molar-refractivity contribution in [3.05, 3.63) is 65.7 Å². The lowest BCUT2D eigenvalue weighted by molar-refractivity contribution is -0.116. The van der Waals surface area contributed by atoms with Crippen LogP contribution in [0.2, 0.25) is 0 Å². The maximum absolute atomic E-state index is 12.0. The van der Waals surface area contributed by atoms with Gasteiger partial charge in [0.05, 0.1) is 0 Å². The van der Waals surface area contributed by atoms with Crippen LogP contribution < -0.4 is 10.2 Å². The quantitative estimate of drug-likeness (QED) is 0.691. The zero-order valence-electron chi connectivity index (χ0n) is 12.4. The second-order valence-corrected chi connectivity index (χ2v) is 4.92. The van der Waals surface area contributed by atoms with Gasteiger partial charge in [0, 0.05) is 30.9 Å². The van der Waals surface area contributed by atoms with Gasteiger partial charge in [-0.3, -0.25) is 19.7 Å². The first-order chi connectivity index (χ1) is 10.5. The third kappa shape index (κ3) is 3.58. The SMILES string of the molecule is CN(C)c1ccc(C(=O)C(=O)NC(=O)c2ccccc2)cc1. The summed E-state index contributed by atoms with van der Waals surface area (Å²) in [6, 6.07) is 14.9. The molecule has 0 saturated carbocycles. The molecule has 0 bridgehead atoms.